The Balaban J connectivity index is 1.94. The normalized spacial score (nSPS) is 12.0. The van der Waals surface area contributed by atoms with Gasteiger partial charge >= 0.3 is 6.09 Å². The summed E-state index contributed by atoms with van der Waals surface area (Å²) in [4.78, 5) is 16.3. The Morgan fingerprint density at radius 1 is 0.812 bits per heavy atom. The second-order valence-electron chi connectivity index (χ2n) is 8.17. The number of nitrogens with zero attached hydrogens (tertiary/aromatic N) is 3. The van der Waals surface area contributed by atoms with Crippen LogP contribution in [0.5, 0.6) is 0 Å². The van der Waals surface area contributed by atoms with E-state index in [2.05, 4.69) is 78.5 Å². The first-order valence-corrected chi connectivity index (χ1v) is 10.7. The van der Waals surface area contributed by atoms with Gasteiger partial charge in [-0.05, 0) is 75.2 Å². The highest BCUT2D eigenvalue weighted by molar-refractivity contribution is 5.64. The van der Waals surface area contributed by atoms with Gasteiger partial charge in [-0.25, -0.2) is 9.78 Å². The number of aryl methyl sites for hydroxylation is 4. The largest absolute Gasteiger partial charge is 0.465 e. The molecule has 6 heteroatoms. The molecule has 0 bridgehead atoms. The predicted octanol–water partition coefficient (Wildman–Crippen LogP) is 5.30. The van der Waals surface area contributed by atoms with Crippen LogP contribution in [0.3, 0.4) is 0 Å². The van der Waals surface area contributed by atoms with E-state index in [0.717, 1.165) is 45.5 Å². The van der Waals surface area contributed by atoms with E-state index in [1.807, 2.05) is 30.3 Å². The molecule has 0 saturated heterocycles. The molecule has 0 fully saturated rings. The fourth-order valence-corrected chi connectivity index (χ4v) is 4.31. The number of amides is 1. The van der Waals surface area contributed by atoms with E-state index < -0.39 is 6.09 Å². The van der Waals surface area contributed by atoms with Gasteiger partial charge in [-0.1, -0.05) is 30.3 Å². The molecule has 164 valence electrons. The van der Waals surface area contributed by atoms with Crippen LogP contribution in [-0.2, 0) is 0 Å². The molecule has 1 atom stereocenters. The van der Waals surface area contributed by atoms with Gasteiger partial charge in [0.15, 0.2) is 0 Å². The lowest BCUT2D eigenvalue weighted by atomic mass is 9.91. The van der Waals surface area contributed by atoms with Crippen molar-refractivity contribution in [3.05, 3.63) is 101 Å². The molecule has 0 aliphatic rings. The van der Waals surface area contributed by atoms with Gasteiger partial charge in [0.05, 0.1) is 0 Å². The van der Waals surface area contributed by atoms with Crippen LogP contribution in [0.1, 0.15) is 39.8 Å². The molecule has 1 amide bonds. The number of carboxylic acid groups (broad SMARTS) is 1. The second-order valence-corrected chi connectivity index (χ2v) is 8.17. The molecule has 2 N–H and O–H groups in total. The van der Waals surface area contributed by atoms with Crippen molar-refractivity contribution in [3.8, 4) is 11.6 Å². The molecule has 4 rings (SSSR count). The molecular formula is C26H28N4O2. The smallest absolute Gasteiger partial charge is 0.404 e. The first-order valence-electron chi connectivity index (χ1n) is 10.7. The zero-order valence-corrected chi connectivity index (χ0v) is 18.8. The summed E-state index contributed by atoms with van der Waals surface area (Å²) >= 11 is 0. The summed E-state index contributed by atoms with van der Waals surface area (Å²) in [6.45, 7) is 8.53. The molecule has 3 heterocycles. The molecule has 0 aliphatic heterocycles. The van der Waals surface area contributed by atoms with Crippen molar-refractivity contribution in [2.45, 2.75) is 33.6 Å². The monoisotopic (exact) mass is 428 g/mol. The highest BCUT2D eigenvalue weighted by atomic mass is 16.4. The summed E-state index contributed by atoms with van der Waals surface area (Å²) in [6.07, 6.45) is -1.03. The topological polar surface area (TPSA) is 72.1 Å². The Hall–Kier alpha value is -3.80. The molecule has 0 aliphatic carbocycles. The van der Waals surface area contributed by atoms with Crippen molar-refractivity contribution >= 4 is 6.09 Å². The van der Waals surface area contributed by atoms with Crippen LogP contribution in [0.15, 0.2) is 66.7 Å². The Morgan fingerprint density at radius 2 is 1.28 bits per heavy atom. The number of rotatable bonds is 6. The quantitative estimate of drug-likeness (QED) is 0.438. The summed E-state index contributed by atoms with van der Waals surface area (Å²) in [6, 6.07) is 22.4. The minimum absolute atomic E-state index is 0.153. The van der Waals surface area contributed by atoms with Crippen molar-refractivity contribution in [2.24, 2.45) is 0 Å². The van der Waals surface area contributed by atoms with Crippen molar-refractivity contribution < 1.29 is 9.90 Å². The summed E-state index contributed by atoms with van der Waals surface area (Å²) < 4.78 is 4.27. The first-order chi connectivity index (χ1) is 15.3. The van der Waals surface area contributed by atoms with Crippen molar-refractivity contribution in [2.75, 3.05) is 6.54 Å². The Kier molecular flexibility index (Phi) is 5.86. The van der Waals surface area contributed by atoms with Crippen molar-refractivity contribution in [1.29, 1.82) is 0 Å². The molecule has 0 radical (unpaired) electrons. The molecule has 4 aromatic rings. The average Bonchev–Trinajstić information content (AvgIpc) is 3.28. The standard InChI is InChI=1S/C26H28N4O2/c1-17-10-11-18(2)29(17)24-14-22(15-25(28-24)30-19(3)12-13-20(30)4)23(16-27-26(31)32)21-8-6-5-7-9-21/h5-15,23,27H,16H2,1-4H3,(H,31,32). The lowest BCUT2D eigenvalue weighted by molar-refractivity contribution is 0.194. The highest BCUT2D eigenvalue weighted by Crippen LogP contribution is 2.29. The van der Waals surface area contributed by atoms with Crippen LogP contribution in [0, 0.1) is 27.7 Å². The van der Waals surface area contributed by atoms with Gasteiger partial charge in [0.2, 0.25) is 0 Å². The molecule has 6 nitrogen and oxygen atoms in total. The maximum atomic E-state index is 11.3. The third-order valence-corrected chi connectivity index (χ3v) is 5.88. The van der Waals surface area contributed by atoms with Crippen molar-refractivity contribution in [1.82, 2.24) is 19.4 Å². The average molecular weight is 429 g/mol. The molecule has 0 spiro atoms. The first kappa shape index (κ1) is 21.4. The van der Waals surface area contributed by atoms with E-state index in [0.29, 0.717) is 0 Å². The van der Waals surface area contributed by atoms with Crippen LogP contribution >= 0.6 is 0 Å². The van der Waals surface area contributed by atoms with E-state index in [4.69, 9.17) is 4.98 Å². The van der Waals surface area contributed by atoms with Gasteiger partial charge in [-0.2, -0.15) is 0 Å². The van der Waals surface area contributed by atoms with Gasteiger partial charge in [-0.3, -0.25) is 0 Å². The van der Waals surface area contributed by atoms with Crippen LogP contribution in [0.2, 0.25) is 0 Å². The van der Waals surface area contributed by atoms with Gasteiger partial charge in [0.25, 0.3) is 0 Å². The number of benzene rings is 1. The fraction of sp³-hybridized carbons (Fsp3) is 0.231. The highest BCUT2D eigenvalue weighted by Gasteiger charge is 2.20. The van der Waals surface area contributed by atoms with Crippen LogP contribution < -0.4 is 5.32 Å². The summed E-state index contributed by atoms with van der Waals surface area (Å²) in [5.41, 5.74) is 6.44. The summed E-state index contributed by atoms with van der Waals surface area (Å²) in [7, 11) is 0. The number of aromatic nitrogens is 3. The minimum atomic E-state index is -1.03. The lowest BCUT2D eigenvalue weighted by Crippen LogP contribution is -2.27. The van der Waals surface area contributed by atoms with E-state index >= 15 is 0 Å². The van der Waals surface area contributed by atoms with Crippen LogP contribution in [-0.4, -0.2) is 31.9 Å². The number of pyridine rings is 1. The van der Waals surface area contributed by atoms with E-state index in [1.54, 1.807) is 0 Å². The molecule has 1 aromatic carbocycles. The van der Waals surface area contributed by atoms with E-state index in [-0.39, 0.29) is 12.5 Å². The summed E-state index contributed by atoms with van der Waals surface area (Å²) in [5, 5.41) is 11.9. The van der Waals surface area contributed by atoms with Gasteiger partial charge in [0.1, 0.15) is 11.6 Å². The molecule has 1 unspecified atom stereocenters. The molecule has 0 saturated carbocycles. The van der Waals surface area contributed by atoms with E-state index in [9.17, 15) is 9.90 Å². The van der Waals surface area contributed by atoms with Crippen molar-refractivity contribution in [3.63, 3.8) is 0 Å². The molecule has 32 heavy (non-hydrogen) atoms. The number of hydrogen-bond donors (Lipinski definition) is 2. The third kappa shape index (κ3) is 4.17. The maximum Gasteiger partial charge on any atom is 0.404 e. The fourth-order valence-electron chi connectivity index (χ4n) is 4.31. The Bertz CT molecular complexity index is 1150. The van der Waals surface area contributed by atoms with Gasteiger partial charge in [-0.15, -0.1) is 0 Å². The van der Waals surface area contributed by atoms with Gasteiger partial charge < -0.3 is 19.6 Å². The molecule has 3 aromatic heterocycles. The summed E-state index contributed by atoms with van der Waals surface area (Å²) in [5.74, 6) is 1.49. The number of nitrogens with one attached hydrogen (secondary N) is 1. The number of hydrogen-bond acceptors (Lipinski definition) is 2. The Morgan fingerprint density at radius 3 is 1.72 bits per heavy atom. The molecular weight excluding hydrogens is 400 g/mol. The van der Waals surface area contributed by atoms with Crippen LogP contribution in [0.4, 0.5) is 4.79 Å². The third-order valence-electron chi connectivity index (χ3n) is 5.88. The Labute approximate surface area is 188 Å². The zero-order valence-electron chi connectivity index (χ0n) is 18.8. The predicted molar refractivity (Wildman–Crippen MR) is 126 cm³/mol. The second kappa shape index (κ2) is 8.75. The van der Waals surface area contributed by atoms with Gasteiger partial charge in [0, 0.05) is 35.2 Å². The van der Waals surface area contributed by atoms with Crippen LogP contribution in [0.25, 0.3) is 11.6 Å². The number of carbonyl (C=O) groups is 1. The SMILES string of the molecule is Cc1ccc(C)n1-c1cc(C(CNC(=O)O)c2ccccc2)cc(-n2c(C)ccc2C)n1. The zero-order chi connectivity index (χ0) is 22.8. The minimum Gasteiger partial charge on any atom is -0.465 e. The maximum absolute atomic E-state index is 11.3. The van der Waals surface area contributed by atoms with E-state index in [1.165, 1.54) is 0 Å². The lowest BCUT2D eigenvalue weighted by Gasteiger charge is -2.21.